The van der Waals surface area contributed by atoms with Crippen LogP contribution in [0.5, 0.6) is 0 Å². The Morgan fingerprint density at radius 2 is 1.93 bits per heavy atom. The van der Waals surface area contributed by atoms with E-state index in [0.29, 0.717) is 50.3 Å². The van der Waals surface area contributed by atoms with Crippen molar-refractivity contribution in [2.45, 2.75) is 37.1 Å². The number of hydrogen-bond donors (Lipinski definition) is 2. The molecule has 0 bridgehead atoms. The molecule has 0 spiro atoms. The molecule has 164 valence electrons. The van der Waals surface area contributed by atoms with Crippen molar-refractivity contribution in [1.82, 2.24) is 14.9 Å². The lowest BCUT2D eigenvalue weighted by Crippen LogP contribution is -2.37. The van der Waals surface area contributed by atoms with Crippen LogP contribution in [-0.2, 0) is 26.0 Å². The van der Waals surface area contributed by atoms with Gasteiger partial charge in [0.25, 0.3) is 0 Å². The maximum absolute atomic E-state index is 12.9. The van der Waals surface area contributed by atoms with Crippen LogP contribution in [0.15, 0.2) is 34.2 Å². The first-order chi connectivity index (χ1) is 14.1. The van der Waals surface area contributed by atoms with Gasteiger partial charge in [0.2, 0.25) is 10.0 Å². The third kappa shape index (κ3) is 7.93. The topological polar surface area (TPSA) is 92.3 Å². The SMILES string of the molecule is CN=C(NCCCOCCOC)NCc1cccc(S(=O)(=O)N2CCCCC2)c1. The largest absolute Gasteiger partial charge is 0.382 e. The fourth-order valence-electron chi connectivity index (χ4n) is 3.10. The van der Waals surface area contributed by atoms with Crippen LogP contribution in [-0.4, -0.2) is 72.3 Å². The molecule has 0 atom stereocenters. The Hall–Kier alpha value is -1.68. The molecule has 2 N–H and O–H groups in total. The van der Waals surface area contributed by atoms with Crippen molar-refractivity contribution in [2.75, 3.05) is 53.6 Å². The highest BCUT2D eigenvalue weighted by Gasteiger charge is 2.25. The fourth-order valence-corrected chi connectivity index (χ4v) is 4.69. The number of sulfonamides is 1. The number of aliphatic imine (C=N–C) groups is 1. The zero-order valence-corrected chi connectivity index (χ0v) is 18.3. The van der Waals surface area contributed by atoms with Crippen LogP contribution in [0.25, 0.3) is 0 Å². The number of guanidine groups is 1. The minimum absolute atomic E-state index is 0.356. The average Bonchev–Trinajstić information content (AvgIpc) is 2.76. The quantitative estimate of drug-likeness (QED) is 0.317. The summed E-state index contributed by atoms with van der Waals surface area (Å²) in [5.74, 6) is 0.672. The highest BCUT2D eigenvalue weighted by molar-refractivity contribution is 7.89. The molecule has 1 fully saturated rings. The summed E-state index contributed by atoms with van der Waals surface area (Å²) in [5, 5.41) is 6.45. The van der Waals surface area contributed by atoms with Crippen molar-refractivity contribution in [3.8, 4) is 0 Å². The van der Waals surface area contributed by atoms with Crippen LogP contribution in [0.2, 0.25) is 0 Å². The molecule has 0 saturated carbocycles. The van der Waals surface area contributed by atoms with E-state index in [1.807, 2.05) is 6.07 Å². The second kappa shape index (κ2) is 12.8. The van der Waals surface area contributed by atoms with E-state index in [0.717, 1.165) is 37.8 Å². The Balaban J connectivity index is 1.81. The molecule has 29 heavy (non-hydrogen) atoms. The Bertz CT molecular complexity index is 734. The molecule has 0 aliphatic carbocycles. The van der Waals surface area contributed by atoms with E-state index < -0.39 is 10.0 Å². The molecule has 1 aromatic rings. The predicted molar refractivity (Wildman–Crippen MR) is 115 cm³/mol. The minimum atomic E-state index is -3.42. The van der Waals surface area contributed by atoms with Crippen LogP contribution in [0.3, 0.4) is 0 Å². The van der Waals surface area contributed by atoms with Crippen molar-refractivity contribution in [3.05, 3.63) is 29.8 Å². The third-order valence-electron chi connectivity index (χ3n) is 4.72. The molecule has 0 aromatic heterocycles. The van der Waals surface area contributed by atoms with Gasteiger partial charge < -0.3 is 20.1 Å². The van der Waals surface area contributed by atoms with E-state index in [1.165, 1.54) is 0 Å². The molecule has 1 aliphatic heterocycles. The minimum Gasteiger partial charge on any atom is -0.382 e. The molecule has 1 heterocycles. The van der Waals surface area contributed by atoms with Gasteiger partial charge in [0.1, 0.15) is 0 Å². The average molecular weight is 427 g/mol. The van der Waals surface area contributed by atoms with Gasteiger partial charge in [-0.25, -0.2) is 8.42 Å². The van der Waals surface area contributed by atoms with Gasteiger partial charge in [0.05, 0.1) is 18.1 Å². The molecular weight excluding hydrogens is 392 g/mol. The van der Waals surface area contributed by atoms with Gasteiger partial charge in [-0.05, 0) is 37.0 Å². The van der Waals surface area contributed by atoms with Gasteiger partial charge in [0.15, 0.2) is 5.96 Å². The van der Waals surface area contributed by atoms with E-state index in [-0.39, 0.29) is 0 Å². The number of hydrogen-bond acceptors (Lipinski definition) is 5. The predicted octanol–water partition coefficient (Wildman–Crippen LogP) is 1.58. The van der Waals surface area contributed by atoms with Gasteiger partial charge in [-0.1, -0.05) is 18.6 Å². The standard InChI is InChI=1S/C20H34N4O4S/c1-21-20(22-10-7-13-28-15-14-27-2)23-17-18-8-6-9-19(16-18)29(25,26)24-11-4-3-5-12-24/h6,8-9,16H,3-5,7,10-15,17H2,1-2H3,(H2,21,22,23). The molecule has 1 aliphatic rings. The second-order valence-electron chi connectivity index (χ2n) is 6.92. The van der Waals surface area contributed by atoms with E-state index in [9.17, 15) is 8.42 Å². The molecule has 1 aromatic carbocycles. The first-order valence-corrected chi connectivity index (χ1v) is 11.6. The summed E-state index contributed by atoms with van der Waals surface area (Å²) in [5.41, 5.74) is 0.897. The van der Waals surface area contributed by atoms with Gasteiger partial charge in [-0.2, -0.15) is 4.31 Å². The normalized spacial score (nSPS) is 16.0. The smallest absolute Gasteiger partial charge is 0.243 e. The zero-order chi connectivity index (χ0) is 21.0. The zero-order valence-electron chi connectivity index (χ0n) is 17.5. The maximum Gasteiger partial charge on any atom is 0.243 e. The number of rotatable bonds is 11. The molecule has 1 saturated heterocycles. The van der Waals surface area contributed by atoms with Gasteiger partial charge >= 0.3 is 0 Å². The van der Waals surface area contributed by atoms with Crippen molar-refractivity contribution in [1.29, 1.82) is 0 Å². The molecule has 0 amide bonds. The van der Waals surface area contributed by atoms with Crippen LogP contribution in [0.1, 0.15) is 31.2 Å². The summed E-state index contributed by atoms with van der Waals surface area (Å²) in [6.07, 6.45) is 3.81. The summed E-state index contributed by atoms with van der Waals surface area (Å²) < 4.78 is 37.7. The molecule has 2 rings (SSSR count). The van der Waals surface area contributed by atoms with Crippen LogP contribution in [0, 0.1) is 0 Å². The molecule has 0 unspecified atom stereocenters. The summed E-state index contributed by atoms with van der Waals surface area (Å²) in [6, 6.07) is 7.12. The van der Waals surface area contributed by atoms with E-state index in [4.69, 9.17) is 9.47 Å². The Morgan fingerprint density at radius 1 is 1.14 bits per heavy atom. The van der Waals surface area contributed by atoms with Crippen LogP contribution < -0.4 is 10.6 Å². The molecule has 0 radical (unpaired) electrons. The monoisotopic (exact) mass is 426 g/mol. The lowest BCUT2D eigenvalue weighted by atomic mass is 10.2. The first kappa shape index (κ1) is 23.6. The number of ether oxygens (including phenoxy) is 2. The Morgan fingerprint density at radius 3 is 2.66 bits per heavy atom. The number of benzene rings is 1. The Kier molecular flexibility index (Phi) is 10.4. The summed E-state index contributed by atoms with van der Waals surface area (Å²) in [4.78, 5) is 4.56. The van der Waals surface area contributed by atoms with E-state index >= 15 is 0 Å². The lowest BCUT2D eigenvalue weighted by molar-refractivity contribution is 0.0698. The molecular formula is C20H34N4O4S. The van der Waals surface area contributed by atoms with Gasteiger partial charge in [0, 0.05) is 46.9 Å². The number of nitrogens with zero attached hydrogens (tertiary/aromatic N) is 2. The summed E-state index contributed by atoms with van der Waals surface area (Å²) in [6.45, 7) is 4.30. The Labute approximate surface area is 174 Å². The highest BCUT2D eigenvalue weighted by atomic mass is 32.2. The lowest BCUT2D eigenvalue weighted by Gasteiger charge is -2.26. The summed E-state index contributed by atoms with van der Waals surface area (Å²) in [7, 11) is -0.0570. The number of nitrogens with one attached hydrogen (secondary N) is 2. The van der Waals surface area contributed by atoms with Gasteiger partial charge in [-0.3, -0.25) is 4.99 Å². The van der Waals surface area contributed by atoms with Crippen molar-refractivity contribution >= 4 is 16.0 Å². The van der Waals surface area contributed by atoms with Gasteiger partial charge in [-0.15, -0.1) is 0 Å². The van der Waals surface area contributed by atoms with Crippen molar-refractivity contribution in [3.63, 3.8) is 0 Å². The van der Waals surface area contributed by atoms with Crippen molar-refractivity contribution in [2.24, 2.45) is 4.99 Å². The first-order valence-electron chi connectivity index (χ1n) is 10.2. The maximum atomic E-state index is 12.9. The number of piperidine rings is 1. The third-order valence-corrected chi connectivity index (χ3v) is 6.62. The summed E-state index contributed by atoms with van der Waals surface area (Å²) >= 11 is 0. The molecule has 8 nitrogen and oxygen atoms in total. The van der Waals surface area contributed by atoms with Crippen molar-refractivity contribution < 1.29 is 17.9 Å². The number of methoxy groups -OCH3 is 1. The van der Waals surface area contributed by atoms with Crippen LogP contribution >= 0.6 is 0 Å². The fraction of sp³-hybridized carbons (Fsp3) is 0.650. The van der Waals surface area contributed by atoms with Crippen LogP contribution in [0.4, 0.5) is 0 Å². The van der Waals surface area contributed by atoms with E-state index in [1.54, 1.807) is 36.7 Å². The highest BCUT2D eigenvalue weighted by Crippen LogP contribution is 2.21. The van der Waals surface area contributed by atoms with E-state index in [2.05, 4.69) is 15.6 Å². The molecule has 9 heteroatoms. The second-order valence-corrected chi connectivity index (χ2v) is 8.86.